The summed E-state index contributed by atoms with van der Waals surface area (Å²) < 4.78 is 13.8. The number of allylic oxidation sites excluding steroid dienone is 1. The fraction of sp³-hybridized carbons (Fsp3) is 0.190. The minimum Gasteiger partial charge on any atom is -0.467 e. The Morgan fingerprint density at radius 2 is 2.21 bits per heavy atom. The van der Waals surface area contributed by atoms with Crippen molar-refractivity contribution in [2.45, 2.75) is 19.9 Å². The first-order chi connectivity index (χ1) is 14.0. The van der Waals surface area contributed by atoms with Gasteiger partial charge in [0.25, 0.3) is 5.56 Å². The maximum Gasteiger partial charge on any atom is 0.338 e. The number of nitrogens with zero attached hydrogens (tertiary/aromatic N) is 2. The van der Waals surface area contributed by atoms with Crippen LogP contribution >= 0.6 is 27.3 Å². The lowest BCUT2D eigenvalue weighted by atomic mass is 10.0. The van der Waals surface area contributed by atoms with Gasteiger partial charge in [0.2, 0.25) is 0 Å². The van der Waals surface area contributed by atoms with E-state index < -0.39 is 12.0 Å². The summed E-state index contributed by atoms with van der Waals surface area (Å²) in [5.74, 6) is -0.0196. The predicted molar refractivity (Wildman–Crippen MR) is 113 cm³/mol. The molecule has 3 aromatic rings. The van der Waals surface area contributed by atoms with Crippen LogP contribution in [0.4, 0.5) is 0 Å². The molecule has 0 saturated heterocycles. The van der Waals surface area contributed by atoms with Gasteiger partial charge >= 0.3 is 5.97 Å². The number of ether oxygens (including phenoxy) is 1. The van der Waals surface area contributed by atoms with E-state index in [-0.39, 0.29) is 12.2 Å². The molecule has 0 fully saturated rings. The van der Waals surface area contributed by atoms with E-state index in [4.69, 9.17) is 9.15 Å². The first kappa shape index (κ1) is 19.6. The summed E-state index contributed by atoms with van der Waals surface area (Å²) in [5.41, 5.74) is 1.48. The summed E-state index contributed by atoms with van der Waals surface area (Å²) >= 11 is 4.72. The van der Waals surface area contributed by atoms with Gasteiger partial charge in [0.15, 0.2) is 4.80 Å². The third kappa shape index (κ3) is 3.65. The number of esters is 1. The Labute approximate surface area is 178 Å². The lowest BCUT2D eigenvalue weighted by molar-refractivity contribution is -0.139. The Morgan fingerprint density at radius 1 is 1.38 bits per heavy atom. The molecule has 2 aromatic heterocycles. The molecule has 8 heteroatoms. The molecule has 3 heterocycles. The molecule has 0 bridgehead atoms. The van der Waals surface area contributed by atoms with Crippen molar-refractivity contribution in [3.8, 4) is 0 Å². The fourth-order valence-electron chi connectivity index (χ4n) is 3.26. The largest absolute Gasteiger partial charge is 0.467 e. The molecule has 6 nitrogen and oxygen atoms in total. The van der Waals surface area contributed by atoms with Crippen molar-refractivity contribution < 1.29 is 13.9 Å². The van der Waals surface area contributed by atoms with Gasteiger partial charge in [-0.25, -0.2) is 9.79 Å². The lowest BCUT2D eigenvalue weighted by Gasteiger charge is -2.22. The van der Waals surface area contributed by atoms with Crippen molar-refractivity contribution in [2.75, 3.05) is 6.61 Å². The summed E-state index contributed by atoms with van der Waals surface area (Å²) in [5, 5.41) is 0. The number of rotatable bonds is 4. The monoisotopic (exact) mass is 472 g/mol. The van der Waals surface area contributed by atoms with E-state index >= 15 is 0 Å². The SMILES string of the molecule is CCOC(=O)C1=C(C)N=c2s/c(=C\c3cccc(Br)c3)c(=O)n2[C@@H]1c1ccco1. The zero-order valence-corrected chi connectivity index (χ0v) is 18.1. The van der Waals surface area contributed by atoms with Crippen LogP contribution in [0.25, 0.3) is 6.08 Å². The fourth-order valence-corrected chi connectivity index (χ4v) is 4.72. The molecule has 1 aliphatic heterocycles. The minimum atomic E-state index is -0.718. The minimum absolute atomic E-state index is 0.230. The quantitative estimate of drug-likeness (QED) is 0.546. The molecular weight excluding hydrogens is 456 g/mol. The molecule has 0 aliphatic carbocycles. The third-order valence-corrected chi connectivity index (χ3v) is 5.95. The van der Waals surface area contributed by atoms with Crippen molar-refractivity contribution >= 4 is 39.3 Å². The van der Waals surface area contributed by atoms with Gasteiger partial charge in [0.1, 0.15) is 11.8 Å². The summed E-state index contributed by atoms with van der Waals surface area (Å²) in [6.45, 7) is 3.71. The van der Waals surface area contributed by atoms with Crippen LogP contribution in [0, 0.1) is 0 Å². The molecule has 1 aromatic carbocycles. The van der Waals surface area contributed by atoms with Crippen molar-refractivity contribution in [1.82, 2.24) is 4.57 Å². The Hall–Kier alpha value is -2.71. The van der Waals surface area contributed by atoms with Gasteiger partial charge < -0.3 is 9.15 Å². The maximum atomic E-state index is 13.3. The Bertz CT molecular complexity index is 1280. The molecule has 29 heavy (non-hydrogen) atoms. The number of furan rings is 1. The van der Waals surface area contributed by atoms with Gasteiger partial charge in [-0.15, -0.1) is 0 Å². The highest BCUT2D eigenvalue weighted by Crippen LogP contribution is 2.30. The zero-order chi connectivity index (χ0) is 20.5. The second-order valence-corrected chi connectivity index (χ2v) is 8.30. The molecule has 0 saturated carbocycles. The Balaban J connectivity index is 1.94. The number of hydrogen-bond donors (Lipinski definition) is 0. The molecule has 0 amide bonds. The zero-order valence-electron chi connectivity index (χ0n) is 15.7. The van der Waals surface area contributed by atoms with Crippen molar-refractivity contribution in [3.05, 3.63) is 89.4 Å². The van der Waals surface area contributed by atoms with Crippen LogP contribution < -0.4 is 14.9 Å². The van der Waals surface area contributed by atoms with Gasteiger partial charge in [0.05, 0.1) is 28.7 Å². The van der Waals surface area contributed by atoms with Crippen molar-refractivity contribution in [1.29, 1.82) is 0 Å². The van der Waals surface area contributed by atoms with Crippen LogP contribution in [-0.4, -0.2) is 17.1 Å². The van der Waals surface area contributed by atoms with Crippen LogP contribution in [0.1, 0.15) is 31.2 Å². The normalized spacial score (nSPS) is 16.5. The van der Waals surface area contributed by atoms with Gasteiger partial charge in [-0.1, -0.05) is 39.4 Å². The average molecular weight is 473 g/mol. The van der Waals surface area contributed by atoms with Gasteiger partial charge in [-0.05, 0) is 49.8 Å². The molecule has 4 rings (SSSR count). The molecule has 0 spiro atoms. The second-order valence-electron chi connectivity index (χ2n) is 6.37. The predicted octanol–water partition coefficient (Wildman–Crippen LogP) is 3.15. The first-order valence-corrected chi connectivity index (χ1v) is 10.6. The van der Waals surface area contributed by atoms with Gasteiger partial charge in [-0.2, -0.15) is 0 Å². The van der Waals surface area contributed by atoms with Crippen LogP contribution in [0.3, 0.4) is 0 Å². The number of benzene rings is 1. The highest BCUT2D eigenvalue weighted by molar-refractivity contribution is 9.10. The molecule has 1 atom stereocenters. The standard InChI is InChI=1S/C21H17BrN2O4S/c1-3-27-20(26)17-12(2)23-21-24(18(17)15-8-5-9-28-15)19(25)16(29-21)11-13-6-4-7-14(22)10-13/h4-11,18H,3H2,1-2H3/b16-11-/t18-/m1/s1. The van der Waals surface area contributed by atoms with E-state index in [0.29, 0.717) is 26.4 Å². The molecule has 0 unspecified atom stereocenters. The number of halogens is 1. The molecule has 1 aliphatic rings. The highest BCUT2D eigenvalue weighted by atomic mass is 79.9. The van der Waals surface area contributed by atoms with E-state index in [9.17, 15) is 9.59 Å². The third-order valence-electron chi connectivity index (χ3n) is 4.48. The van der Waals surface area contributed by atoms with Gasteiger partial charge in [0, 0.05) is 4.47 Å². The highest BCUT2D eigenvalue weighted by Gasteiger charge is 2.34. The van der Waals surface area contributed by atoms with Crippen LogP contribution in [0.15, 0.2) is 72.6 Å². The number of thiazole rings is 1. The summed E-state index contributed by atoms with van der Waals surface area (Å²) in [7, 11) is 0. The van der Waals surface area contributed by atoms with E-state index in [1.807, 2.05) is 30.3 Å². The summed E-state index contributed by atoms with van der Waals surface area (Å²) in [4.78, 5) is 31.0. The smallest absolute Gasteiger partial charge is 0.338 e. The Morgan fingerprint density at radius 3 is 2.90 bits per heavy atom. The molecule has 0 N–H and O–H groups in total. The van der Waals surface area contributed by atoms with Crippen molar-refractivity contribution in [3.63, 3.8) is 0 Å². The van der Waals surface area contributed by atoms with Crippen LogP contribution in [0.5, 0.6) is 0 Å². The van der Waals surface area contributed by atoms with E-state index in [1.54, 1.807) is 26.0 Å². The van der Waals surface area contributed by atoms with E-state index in [0.717, 1.165) is 10.0 Å². The number of carbonyl (C=O) groups excluding carboxylic acids is 1. The van der Waals surface area contributed by atoms with Crippen LogP contribution in [0.2, 0.25) is 0 Å². The molecule has 148 valence electrons. The topological polar surface area (TPSA) is 73.8 Å². The number of aromatic nitrogens is 1. The number of fused-ring (bicyclic) bond motifs is 1. The maximum absolute atomic E-state index is 13.3. The Kier molecular flexibility index (Phi) is 5.38. The second kappa shape index (κ2) is 7.96. The van der Waals surface area contributed by atoms with Gasteiger partial charge in [-0.3, -0.25) is 9.36 Å². The van der Waals surface area contributed by atoms with E-state index in [1.165, 1.54) is 22.2 Å². The first-order valence-electron chi connectivity index (χ1n) is 8.98. The number of carbonyl (C=O) groups is 1. The molecule has 0 radical (unpaired) electrons. The molecular formula is C21H17BrN2O4S. The lowest BCUT2D eigenvalue weighted by Crippen LogP contribution is -2.39. The number of hydrogen-bond acceptors (Lipinski definition) is 6. The summed E-state index contributed by atoms with van der Waals surface area (Å²) in [6, 6.07) is 10.4. The van der Waals surface area contributed by atoms with Crippen LogP contribution in [-0.2, 0) is 9.53 Å². The van der Waals surface area contributed by atoms with E-state index in [2.05, 4.69) is 20.9 Å². The average Bonchev–Trinajstić information content (AvgIpc) is 3.30. The summed E-state index contributed by atoms with van der Waals surface area (Å²) in [6.07, 6.45) is 3.34. The van der Waals surface area contributed by atoms with Crippen molar-refractivity contribution in [2.24, 2.45) is 4.99 Å².